The molecular formula is C7H13ClN2O. The van der Waals surface area contributed by atoms with Crippen LogP contribution in [0, 0.1) is 0 Å². The van der Waals surface area contributed by atoms with Gasteiger partial charge in [-0.1, -0.05) is 0 Å². The van der Waals surface area contributed by atoms with E-state index in [1.54, 1.807) is 0 Å². The summed E-state index contributed by atoms with van der Waals surface area (Å²) in [7, 11) is 0. The summed E-state index contributed by atoms with van der Waals surface area (Å²) in [6, 6.07) is 0. The first kappa shape index (κ1) is 8.97. The monoisotopic (exact) mass is 176 g/mol. The lowest BCUT2D eigenvalue weighted by atomic mass is 9.97. The smallest absolute Gasteiger partial charge is 0.148 e. The Kier molecular flexibility index (Phi) is 2.52. The number of carbonyl (C=O) groups excluding carboxylic acids is 1. The summed E-state index contributed by atoms with van der Waals surface area (Å²) in [6.07, 6.45) is 1.85. The molecule has 2 N–H and O–H groups in total. The van der Waals surface area contributed by atoms with E-state index in [1.165, 1.54) is 0 Å². The Morgan fingerprint density at radius 2 is 2.27 bits per heavy atom. The third-order valence-corrected chi connectivity index (χ3v) is 2.44. The number of rotatable bonds is 0. The van der Waals surface area contributed by atoms with Crippen molar-refractivity contribution in [1.82, 2.24) is 10.6 Å². The Morgan fingerprint density at radius 1 is 1.45 bits per heavy atom. The summed E-state index contributed by atoms with van der Waals surface area (Å²) in [5, 5.41) is 6.53. The zero-order valence-corrected chi connectivity index (χ0v) is 7.17. The molecule has 0 saturated carbocycles. The predicted molar refractivity (Wildman–Crippen MR) is 45.1 cm³/mol. The number of Topliss-reactive ketones (excluding diaryl/α,β-unsaturated/α-hetero) is 1. The van der Waals surface area contributed by atoms with Crippen LogP contribution in [0.3, 0.4) is 0 Å². The van der Waals surface area contributed by atoms with Crippen LogP contribution in [0.1, 0.15) is 12.8 Å². The van der Waals surface area contributed by atoms with E-state index in [4.69, 9.17) is 0 Å². The van der Waals surface area contributed by atoms with Crippen LogP contribution in [-0.4, -0.2) is 31.0 Å². The zero-order chi connectivity index (χ0) is 7.03. The van der Waals surface area contributed by atoms with Gasteiger partial charge in [-0.15, -0.1) is 12.4 Å². The highest BCUT2D eigenvalue weighted by Gasteiger charge is 2.39. The van der Waals surface area contributed by atoms with Gasteiger partial charge in [-0.2, -0.15) is 0 Å². The summed E-state index contributed by atoms with van der Waals surface area (Å²) in [6.45, 7) is 2.61. The maximum absolute atomic E-state index is 10.9. The summed E-state index contributed by atoms with van der Waals surface area (Å²) >= 11 is 0. The standard InChI is InChI=1S/C7H12N2O.ClH/c10-6-3-7(9-4-6)1-2-8-5-7;/h8-9H,1-5H2;1H. The summed E-state index contributed by atoms with van der Waals surface area (Å²) in [5.41, 5.74) is 0.150. The van der Waals surface area contributed by atoms with Gasteiger partial charge in [0.25, 0.3) is 0 Å². The van der Waals surface area contributed by atoms with Crippen molar-refractivity contribution in [2.75, 3.05) is 19.6 Å². The molecule has 64 valence electrons. The van der Waals surface area contributed by atoms with Crippen LogP contribution in [0.2, 0.25) is 0 Å². The third kappa shape index (κ3) is 1.55. The van der Waals surface area contributed by atoms with E-state index in [0.717, 1.165) is 25.9 Å². The first-order chi connectivity index (χ1) is 4.81. The van der Waals surface area contributed by atoms with Gasteiger partial charge in [0.05, 0.1) is 6.54 Å². The zero-order valence-electron chi connectivity index (χ0n) is 6.35. The second-order valence-electron chi connectivity index (χ2n) is 3.28. The van der Waals surface area contributed by atoms with Gasteiger partial charge in [0, 0.05) is 18.5 Å². The Morgan fingerprint density at radius 3 is 2.73 bits per heavy atom. The molecule has 2 saturated heterocycles. The van der Waals surface area contributed by atoms with E-state index in [9.17, 15) is 4.79 Å². The summed E-state index contributed by atoms with van der Waals surface area (Å²) in [4.78, 5) is 10.9. The molecule has 1 atom stereocenters. The maximum Gasteiger partial charge on any atom is 0.148 e. The Balaban J connectivity index is 0.000000605. The fourth-order valence-electron chi connectivity index (χ4n) is 1.83. The molecule has 2 aliphatic rings. The molecule has 4 heteroatoms. The van der Waals surface area contributed by atoms with Gasteiger partial charge in [0.1, 0.15) is 5.78 Å². The minimum absolute atomic E-state index is 0. The van der Waals surface area contributed by atoms with Crippen molar-refractivity contribution in [1.29, 1.82) is 0 Å². The minimum atomic E-state index is 0. The van der Waals surface area contributed by atoms with Gasteiger partial charge >= 0.3 is 0 Å². The highest BCUT2D eigenvalue weighted by atomic mass is 35.5. The van der Waals surface area contributed by atoms with Crippen LogP contribution in [0.25, 0.3) is 0 Å². The molecule has 0 aromatic heterocycles. The number of ketones is 1. The van der Waals surface area contributed by atoms with Crippen molar-refractivity contribution in [3.8, 4) is 0 Å². The Hall–Kier alpha value is -0.120. The van der Waals surface area contributed by atoms with E-state index in [-0.39, 0.29) is 17.9 Å². The van der Waals surface area contributed by atoms with Gasteiger partial charge in [-0.05, 0) is 13.0 Å². The number of nitrogens with one attached hydrogen (secondary N) is 2. The van der Waals surface area contributed by atoms with E-state index >= 15 is 0 Å². The molecular weight excluding hydrogens is 164 g/mol. The van der Waals surface area contributed by atoms with Crippen molar-refractivity contribution < 1.29 is 4.79 Å². The number of hydrogen-bond acceptors (Lipinski definition) is 3. The van der Waals surface area contributed by atoms with Gasteiger partial charge < -0.3 is 10.6 Å². The molecule has 0 radical (unpaired) electrons. The summed E-state index contributed by atoms with van der Waals surface area (Å²) in [5.74, 6) is 0.365. The number of hydrogen-bond donors (Lipinski definition) is 2. The van der Waals surface area contributed by atoms with Crippen LogP contribution < -0.4 is 10.6 Å². The van der Waals surface area contributed by atoms with Gasteiger partial charge in [0.15, 0.2) is 0 Å². The topological polar surface area (TPSA) is 41.1 Å². The van der Waals surface area contributed by atoms with E-state index in [0.29, 0.717) is 12.3 Å². The number of halogens is 1. The van der Waals surface area contributed by atoms with E-state index in [1.807, 2.05) is 0 Å². The average Bonchev–Trinajstić information content (AvgIpc) is 2.46. The van der Waals surface area contributed by atoms with Crippen LogP contribution in [0.15, 0.2) is 0 Å². The predicted octanol–water partition coefficient (Wildman–Crippen LogP) is -0.297. The quantitative estimate of drug-likeness (QED) is 0.533. The van der Waals surface area contributed by atoms with E-state index < -0.39 is 0 Å². The van der Waals surface area contributed by atoms with Gasteiger partial charge in [-0.3, -0.25) is 4.79 Å². The second kappa shape index (κ2) is 3.09. The van der Waals surface area contributed by atoms with Crippen LogP contribution in [0.5, 0.6) is 0 Å². The van der Waals surface area contributed by atoms with Crippen molar-refractivity contribution in [2.45, 2.75) is 18.4 Å². The van der Waals surface area contributed by atoms with Crippen LogP contribution in [-0.2, 0) is 4.79 Å². The molecule has 0 aromatic carbocycles. The molecule has 2 aliphatic heterocycles. The highest BCUT2D eigenvalue weighted by molar-refractivity contribution is 5.85. The molecule has 2 rings (SSSR count). The Bertz CT molecular complexity index is 166. The van der Waals surface area contributed by atoms with Crippen molar-refractivity contribution in [3.63, 3.8) is 0 Å². The molecule has 0 amide bonds. The molecule has 0 aliphatic carbocycles. The third-order valence-electron chi connectivity index (χ3n) is 2.44. The molecule has 1 unspecified atom stereocenters. The lowest BCUT2D eigenvalue weighted by molar-refractivity contribution is -0.116. The molecule has 0 bridgehead atoms. The van der Waals surface area contributed by atoms with Gasteiger partial charge in [0.2, 0.25) is 0 Å². The highest BCUT2D eigenvalue weighted by Crippen LogP contribution is 2.23. The fraction of sp³-hybridized carbons (Fsp3) is 0.857. The normalized spacial score (nSPS) is 36.2. The average molecular weight is 177 g/mol. The largest absolute Gasteiger partial charge is 0.315 e. The lowest BCUT2D eigenvalue weighted by Gasteiger charge is -2.19. The first-order valence-corrected chi connectivity index (χ1v) is 3.78. The Labute approximate surface area is 72.3 Å². The number of carbonyl (C=O) groups is 1. The fourth-order valence-corrected chi connectivity index (χ4v) is 1.83. The molecule has 2 fully saturated rings. The van der Waals surface area contributed by atoms with Crippen LogP contribution >= 0.6 is 12.4 Å². The molecule has 0 aromatic rings. The first-order valence-electron chi connectivity index (χ1n) is 3.78. The van der Waals surface area contributed by atoms with E-state index in [2.05, 4.69) is 10.6 Å². The van der Waals surface area contributed by atoms with Crippen molar-refractivity contribution in [3.05, 3.63) is 0 Å². The lowest BCUT2D eigenvalue weighted by Crippen LogP contribution is -2.41. The molecule has 3 nitrogen and oxygen atoms in total. The minimum Gasteiger partial charge on any atom is -0.315 e. The van der Waals surface area contributed by atoms with Crippen LogP contribution in [0.4, 0.5) is 0 Å². The maximum atomic E-state index is 10.9. The van der Waals surface area contributed by atoms with Gasteiger partial charge in [-0.25, -0.2) is 0 Å². The van der Waals surface area contributed by atoms with Crippen molar-refractivity contribution in [2.24, 2.45) is 0 Å². The molecule has 11 heavy (non-hydrogen) atoms. The second-order valence-corrected chi connectivity index (χ2v) is 3.28. The molecule has 2 heterocycles. The van der Waals surface area contributed by atoms with Crippen molar-refractivity contribution >= 4 is 18.2 Å². The summed E-state index contributed by atoms with van der Waals surface area (Å²) < 4.78 is 0. The SMILES string of the molecule is Cl.O=C1CNC2(CCNC2)C1. The molecule has 1 spiro atoms.